The van der Waals surface area contributed by atoms with E-state index >= 15 is 0 Å². The summed E-state index contributed by atoms with van der Waals surface area (Å²) >= 11 is -0.945. The van der Waals surface area contributed by atoms with Gasteiger partial charge in [0.15, 0.2) is 0 Å². The van der Waals surface area contributed by atoms with Gasteiger partial charge in [-0.15, -0.1) is 0 Å². The van der Waals surface area contributed by atoms with E-state index in [0.717, 1.165) is 0 Å². The summed E-state index contributed by atoms with van der Waals surface area (Å²) in [6.07, 6.45) is 2.77. The van der Waals surface area contributed by atoms with Crippen LogP contribution in [-0.4, -0.2) is 46.5 Å². The summed E-state index contributed by atoms with van der Waals surface area (Å²) in [4.78, 5) is 2.48. The van der Waals surface area contributed by atoms with Gasteiger partial charge < -0.3 is 0 Å². The molecule has 13 heavy (non-hydrogen) atoms. The van der Waals surface area contributed by atoms with Gasteiger partial charge in [0.2, 0.25) is 0 Å². The molecule has 0 aliphatic rings. The van der Waals surface area contributed by atoms with E-state index in [1.54, 1.807) is 12.5 Å². The first kappa shape index (κ1) is 13.8. The van der Waals surface area contributed by atoms with Crippen LogP contribution in [-0.2, 0) is 0 Å². The molecule has 0 unspecified atom stereocenters. The minimum atomic E-state index is -0.945. The summed E-state index contributed by atoms with van der Waals surface area (Å²) in [5, 5.41) is 0. The van der Waals surface area contributed by atoms with Crippen molar-refractivity contribution in [2.24, 2.45) is 0 Å². The first-order valence-electron chi connectivity index (χ1n) is 5.93. The molecule has 0 aliphatic carbocycles. The van der Waals surface area contributed by atoms with Gasteiger partial charge in [0, 0.05) is 0 Å². The summed E-state index contributed by atoms with van der Waals surface area (Å²) in [5.41, 5.74) is 0. The fourth-order valence-corrected chi connectivity index (χ4v) is 7.99. The monoisotopic (exact) mass is 287 g/mol. The Balaban J connectivity index is 3.32. The first-order chi connectivity index (χ1) is 6.24. The van der Waals surface area contributed by atoms with E-state index in [1.807, 2.05) is 0 Å². The average Bonchev–Trinajstić information content (AvgIpc) is 2.13. The molecule has 0 atom stereocenters. The first-order valence-corrected chi connectivity index (χ1v) is 12.9. The van der Waals surface area contributed by atoms with Crippen molar-refractivity contribution >= 4 is 21.4 Å². The van der Waals surface area contributed by atoms with Gasteiger partial charge in [0.1, 0.15) is 0 Å². The zero-order chi connectivity index (χ0) is 10.1. The molecule has 1 nitrogen and oxygen atoms in total. The van der Waals surface area contributed by atoms with Crippen LogP contribution in [0.5, 0.6) is 0 Å². The Morgan fingerprint density at radius 3 is 2.08 bits per heavy atom. The third-order valence-electron chi connectivity index (χ3n) is 2.91. The van der Waals surface area contributed by atoms with Crippen LogP contribution in [0.4, 0.5) is 0 Å². The fraction of sp³-hybridized carbons (Fsp3) is 1.00. The second-order valence-corrected chi connectivity index (χ2v) is 15.4. The zero-order valence-corrected chi connectivity index (χ0v) is 13.3. The molecule has 0 aliphatic heterocycles. The van der Waals surface area contributed by atoms with Gasteiger partial charge in [-0.05, 0) is 0 Å². The van der Waals surface area contributed by atoms with E-state index in [1.165, 1.54) is 25.9 Å². The van der Waals surface area contributed by atoms with Crippen molar-refractivity contribution in [2.75, 3.05) is 20.1 Å². The third-order valence-corrected chi connectivity index (χ3v) is 13.0. The molecule has 0 saturated heterocycles. The van der Waals surface area contributed by atoms with Gasteiger partial charge >= 0.3 is 92.6 Å². The van der Waals surface area contributed by atoms with E-state index in [2.05, 4.69) is 32.7 Å². The van der Waals surface area contributed by atoms with Gasteiger partial charge in [0.25, 0.3) is 0 Å². The normalized spacial score (nSPS) is 10.8. The van der Waals surface area contributed by atoms with Gasteiger partial charge in [-0.2, -0.15) is 0 Å². The summed E-state index contributed by atoms with van der Waals surface area (Å²) < 4.78 is 4.76. The van der Waals surface area contributed by atoms with Crippen LogP contribution in [0.15, 0.2) is 0 Å². The van der Waals surface area contributed by atoms with Crippen LogP contribution >= 0.6 is 0 Å². The van der Waals surface area contributed by atoms with Crippen LogP contribution in [0.25, 0.3) is 0 Å². The summed E-state index contributed by atoms with van der Waals surface area (Å²) in [6.45, 7) is 9.68. The van der Waals surface area contributed by atoms with E-state index in [-0.39, 0.29) is 0 Å². The van der Waals surface area contributed by atoms with Crippen molar-refractivity contribution in [1.82, 2.24) is 4.90 Å². The number of nitrogens with zero attached hydrogens (tertiary/aromatic N) is 1. The van der Waals surface area contributed by atoms with Gasteiger partial charge in [0.05, 0.1) is 0 Å². The maximum absolute atomic E-state index is 2.48. The molecule has 2 heteroatoms. The molecular formula is C11H26InN. The molecule has 0 aromatic rings. The Hall–Kier alpha value is 0.830. The standard InChI is InChI=1S/C7H16N.2C2H5.In/c1-4-6-8(3)7-5-2;2*1-2;/h1,4-7H2,2-3H3;2*1H2,2H3;. The predicted molar refractivity (Wildman–Crippen MR) is 63.9 cm³/mol. The van der Waals surface area contributed by atoms with Crippen LogP contribution in [0.1, 0.15) is 33.6 Å². The molecule has 0 saturated carbocycles. The Morgan fingerprint density at radius 1 is 1.00 bits per heavy atom. The molecule has 0 amide bonds. The molecule has 0 bridgehead atoms. The van der Waals surface area contributed by atoms with Crippen molar-refractivity contribution in [3.8, 4) is 0 Å². The predicted octanol–water partition coefficient (Wildman–Crippen LogP) is 3.25. The van der Waals surface area contributed by atoms with Crippen molar-refractivity contribution in [1.29, 1.82) is 0 Å². The van der Waals surface area contributed by atoms with E-state index in [9.17, 15) is 0 Å². The van der Waals surface area contributed by atoms with Gasteiger partial charge in [-0.1, -0.05) is 0 Å². The van der Waals surface area contributed by atoms with Gasteiger partial charge in [-0.25, -0.2) is 0 Å². The van der Waals surface area contributed by atoms with Crippen LogP contribution < -0.4 is 0 Å². The van der Waals surface area contributed by atoms with Crippen LogP contribution in [0.3, 0.4) is 0 Å². The van der Waals surface area contributed by atoms with Crippen molar-refractivity contribution < 1.29 is 0 Å². The molecule has 0 aromatic carbocycles. The molecule has 78 valence electrons. The van der Waals surface area contributed by atoms with E-state index in [0.29, 0.717) is 0 Å². The third kappa shape index (κ3) is 7.87. The number of hydrogen-bond acceptors (Lipinski definition) is 1. The second kappa shape index (κ2) is 9.39. The molecule has 0 aromatic heterocycles. The van der Waals surface area contributed by atoms with Crippen LogP contribution in [0.2, 0.25) is 12.5 Å². The molecule has 0 N–H and O–H groups in total. The molecular weight excluding hydrogens is 261 g/mol. The van der Waals surface area contributed by atoms with E-state index in [4.69, 9.17) is 0 Å². The van der Waals surface area contributed by atoms with Crippen molar-refractivity contribution in [2.45, 2.75) is 46.1 Å². The molecule has 0 heterocycles. The Labute approximate surface area is 92.4 Å². The van der Waals surface area contributed by atoms with E-state index < -0.39 is 21.4 Å². The van der Waals surface area contributed by atoms with Crippen LogP contribution in [0, 0.1) is 0 Å². The Morgan fingerprint density at radius 2 is 1.62 bits per heavy atom. The zero-order valence-electron chi connectivity index (χ0n) is 9.97. The maximum atomic E-state index is 2.48. The SMILES string of the molecule is CCCN(C)CC[CH2][In]([CH2]C)[CH2]C. The summed E-state index contributed by atoms with van der Waals surface area (Å²) in [6, 6.07) is 0. The summed E-state index contributed by atoms with van der Waals surface area (Å²) in [5.74, 6) is 0. The van der Waals surface area contributed by atoms with Crippen molar-refractivity contribution in [3.63, 3.8) is 0 Å². The molecule has 0 fully saturated rings. The summed E-state index contributed by atoms with van der Waals surface area (Å²) in [7, 11) is 2.26. The quantitative estimate of drug-likeness (QED) is 0.662. The molecule has 0 radical (unpaired) electrons. The Bertz CT molecular complexity index is 102. The Kier molecular flexibility index (Phi) is 9.99. The van der Waals surface area contributed by atoms with Gasteiger partial charge in [-0.3, -0.25) is 0 Å². The molecule has 0 spiro atoms. The number of rotatable bonds is 8. The second-order valence-electron chi connectivity index (χ2n) is 4.13. The van der Waals surface area contributed by atoms with Crippen molar-refractivity contribution in [3.05, 3.63) is 0 Å². The molecule has 0 rings (SSSR count). The topological polar surface area (TPSA) is 3.24 Å². The number of hydrogen-bond donors (Lipinski definition) is 0. The average molecular weight is 287 g/mol. The minimum absolute atomic E-state index is 0.945. The fourth-order valence-electron chi connectivity index (χ4n) is 1.84.